The third-order valence-electron chi connectivity index (χ3n) is 4.64. The van der Waals surface area contributed by atoms with Gasteiger partial charge in [0.2, 0.25) is 10.0 Å². The highest BCUT2D eigenvalue weighted by molar-refractivity contribution is 7.89. The van der Waals surface area contributed by atoms with Gasteiger partial charge in [-0.15, -0.1) is 0 Å². The lowest BCUT2D eigenvalue weighted by Gasteiger charge is -2.18. The fraction of sp³-hybridized carbons (Fsp3) is 0.250. The summed E-state index contributed by atoms with van der Waals surface area (Å²) in [5.74, 6) is 0.520. The second kappa shape index (κ2) is 8.64. The normalized spacial score (nSPS) is 12.5. The predicted molar refractivity (Wildman–Crippen MR) is 115 cm³/mol. The van der Waals surface area contributed by atoms with E-state index in [0.717, 1.165) is 11.5 Å². The Balaban J connectivity index is 1.92. The van der Waals surface area contributed by atoms with E-state index < -0.39 is 14.9 Å². The van der Waals surface area contributed by atoms with Gasteiger partial charge in [-0.05, 0) is 31.2 Å². The van der Waals surface area contributed by atoms with Crippen LogP contribution in [0.5, 0.6) is 0 Å². The Morgan fingerprint density at radius 1 is 1.17 bits per heavy atom. The molecule has 1 aromatic heterocycles. The second-order valence-corrected chi connectivity index (χ2v) is 8.42. The molecule has 2 aromatic carbocycles. The van der Waals surface area contributed by atoms with E-state index in [9.17, 15) is 18.5 Å². The average Bonchev–Trinajstić information content (AvgIpc) is 3.17. The van der Waals surface area contributed by atoms with Gasteiger partial charge in [-0.3, -0.25) is 15.5 Å². The number of hydrogen-bond acceptors (Lipinski definition) is 7. The van der Waals surface area contributed by atoms with E-state index >= 15 is 0 Å². The number of benzene rings is 2. The first-order chi connectivity index (χ1) is 14.3. The number of furan rings is 1. The molecule has 10 heteroatoms. The Morgan fingerprint density at radius 2 is 1.87 bits per heavy atom. The summed E-state index contributed by atoms with van der Waals surface area (Å²) >= 11 is 0. The van der Waals surface area contributed by atoms with Crippen molar-refractivity contribution in [3.8, 4) is 0 Å². The van der Waals surface area contributed by atoms with E-state index in [1.807, 2.05) is 30.3 Å². The third-order valence-corrected chi connectivity index (χ3v) is 6.68. The molecular formula is C20H22N4O5S. The quantitative estimate of drug-likeness (QED) is 0.325. The smallest absolute Gasteiger partial charge is 0.295 e. The van der Waals surface area contributed by atoms with Crippen molar-refractivity contribution < 1.29 is 17.8 Å². The van der Waals surface area contributed by atoms with E-state index in [1.54, 1.807) is 20.8 Å². The lowest BCUT2D eigenvalue weighted by atomic mass is 10.2. The SMILES string of the molecule is CCN(CC)S(=O)(=O)c1ccc(N/N=C(\C)c2cc3ccccc3o2)c([N+](=O)[O-])c1. The minimum absolute atomic E-state index is 0.0777. The zero-order valence-corrected chi connectivity index (χ0v) is 17.6. The highest BCUT2D eigenvalue weighted by Crippen LogP contribution is 2.29. The molecule has 0 radical (unpaired) electrons. The minimum Gasteiger partial charge on any atom is -0.455 e. The van der Waals surface area contributed by atoms with Crippen molar-refractivity contribution in [2.75, 3.05) is 18.5 Å². The van der Waals surface area contributed by atoms with Gasteiger partial charge in [-0.1, -0.05) is 32.0 Å². The highest BCUT2D eigenvalue weighted by Gasteiger charge is 2.25. The van der Waals surface area contributed by atoms with Crippen LogP contribution < -0.4 is 5.43 Å². The number of rotatable bonds is 8. The van der Waals surface area contributed by atoms with Crippen molar-refractivity contribution in [3.05, 3.63) is 64.4 Å². The van der Waals surface area contributed by atoms with E-state index in [2.05, 4.69) is 10.5 Å². The fourth-order valence-corrected chi connectivity index (χ4v) is 4.47. The van der Waals surface area contributed by atoms with Crippen LogP contribution in [0.25, 0.3) is 11.0 Å². The molecule has 1 N–H and O–H groups in total. The standard InChI is InChI=1S/C20H22N4O5S/c1-4-23(5-2)30(27,28)16-10-11-17(18(13-16)24(25)26)22-21-14(3)20-12-15-8-6-7-9-19(15)29-20/h6-13,22H,4-5H2,1-3H3/b21-14+. The largest absolute Gasteiger partial charge is 0.455 e. The molecule has 0 bridgehead atoms. The summed E-state index contributed by atoms with van der Waals surface area (Å²) in [4.78, 5) is 10.8. The van der Waals surface area contributed by atoms with Crippen LogP contribution >= 0.6 is 0 Å². The van der Waals surface area contributed by atoms with Gasteiger partial charge in [0.1, 0.15) is 17.0 Å². The first kappa shape index (κ1) is 21.5. The number of nitrogens with one attached hydrogen (secondary N) is 1. The molecule has 0 aliphatic heterocycles. The van der Waals surface area contributed by atoms with Crippen molar-refractivity contribution in [2.24, 2.45) is 5.10 Å². The number of hydrogen-bond donors (Lipinski definition) is 1. The zero-order valence-electron chi connectivity index (χ0n) is 16.8. The minimum atomic E-state index is -3.81. The number of fused-ring (bicyclic) bond motifs is 1. The lowest BCUT2D eigenvalue weighted by molar-refractivity contribution is -0.384. The van der Waals surface area contributed by atoms with E-state index in [-0.39, 0.29) is 29.4 Å². The Morgan fingerprint density at radius 3 is 2.50 bits per heavy atom. The predicted octanol–water partition coefficient (Wildman–Crippen LogP) is 4.21. The summed E-state index contributed by atoms with van der Waals surface area (Å²) in [6.07, 6.45) is 0. The van der Waals surface area contributed by atoms with Gasteiger partial charge in [0, 0.05) is 24.5 Å². The molecule has 30 heavy (non-hydrogen) atoms. The summed E-state index contributed by atoms with van der Waals surface area (Å²) in [6, 6.07) is 13.0. The van der Waals surface area contributed by atoms with Crippen LogP contribution in [-0.2, 0) is 10.0 Å². The zero-order chi connectivity index (χ0) is 21.9. The van der Waals surface area contributed by atoms with Crippen molar-refractivity contribution in [1.29, 1.82) is 0 Å². The van der Waals surface area contributed by atoms with E-state index in [1.165, 1.54) is 16.4 Å². The number of nitro benzene ring substituents is 1. The molecule has 0 unspecified atom stereocenters. The number of sulfonamides is 1. The molecule has 0 amide bonds. The van der Waals surface area contributed by atoms with E-state index in [4.69, 9.17) is 4.42 Å². The Bertz CT molecular complexity index is 1180. The van der Waals surface area contributed by atoms with Crippen LogP contribution in [0, 0.1) is 10.1 Å². The van der Waals surface area contributed by atoms with Crippen molar-refractivity contribution >= 4 is 38.1 Å². The summed E-state index contributed by atoms with van der Waals surface area (Å²) < 4.78 is 32.3. The molecule has 1 heterocycles. The van der Waals surface area contributed by atoms with Gasteiger partial charge in [-0.2, -0.15) is 9.41 Å². The van der Waals surface area contributed by atoms with Crippen molar-refractivity contribution in [1.82, 2.24) is 4.31 Å². The molecule has 0 fully saturated rings. The molecule has 9 nitrogen and oxygen atoms in total. The Kier molecular flexibility index (Phi) is 6.18. The maximum absolute atomic E-state index is 12.7. The average molecular weight is 430 g/mol. The monoisotopic (exact) mass is 430 g/mol. The molecule has 0 aliphatic rings. The van der Waals surface area contributed by atoms with Crippen LogP contribution in [-0.4, -0.2) is 36.4 Å². The molecule has 0 saturated heterocycles. The Hall–Kier alpha value is -3.24. The van der Waals surface area contributed by atoms with Gasteiger partial charge < -0.3 is 4.42 Å². The number of para-hydroxylation sites is 1. The first-order valence-corrected chi connectivity index (χ1v) is 10.8. The second-order valence-electron chi connectivity index (χ2n) is 6.48. The fourth-order valence-electron chi connectivity index (χ4n) is 2.99. The molecule has 3 rings (SSSR count). The van der Waals surface area contributed by atoms with Gasteiger partial charge >= 0.3 is 0 Å². The van der Waals surface area contributed by atoms with Crippen molar-refractivity contribution in [2.45, 2.75) is 25.7 Å². The first-order valence-electron chi connectivity index (χ1n) is 9.35. The maximum Gasteiger partial charge on any atom is 0.295 e. The molecule has 0 atom stereocenters. The maximum atomic E-state index is 12.7. The molecular weight excluding hydrogens is 408 g/mol. The lowest BCUT2D eigenvalue weighted by Crippen LogP contribution is -2.30. The topological polar surface area (TPSA) is 118 Å². The Labute approximate surface area is 174 Å². The van der Waals surface area contributed by atoms with Gasteiger partial charge in [0.15, 0.2) is 5.76 Å². The van der Waals surface area contributed by atoms with Gasteiger partial charge in [-0.25, -0.2) is 8.42 Å². The van der Waals surface area contributed by atoms with Crippen LogP contribution in [0.15, 0.2) is 62.9 Å². The van der Waals surface area contributed by atoms with Gasteiger partial charge in [0.05, 0.1) is 9.82 Å². The molecule has 0 aliphatic carbocycles. The molecule has 3 aromatic rings. The summed E-state index contributed by atoms with van der Waals surface area (Å²) in [5.41, 5.74) is 3.54. The molecule has 0 spiro atoms. The van der Waals surface area contributed by atoms with Crippen LogP contribution in [0.1, 0.15) is 26.5 Å². The number of nitro groups is 1. The summed E-state index contributed by atoms with van der Waals surface area (Å²) in [7, 11) is -3.81. The van der Waals surface area contributed by atoms with Crippen LogP contribution in [0.3, 0.4) is 0 Å². The number of anilines is 1. The van der Waals surface area contributed by atoms with Crippen LogP contribution in [0.2, 0.25) is 0 Å². The van der Waals surface area contributed by atoms with Crippen molar-refractivity contribution in [3.63, 3.8) is 0 Å². The summed E-state index contributed by atoms with van der Waals surface area (Å²) in [6.45, 7) is 5.67. The molecule has 0 saturated carbocycles. The van der Waals surface area contributed by atoms with E-state index in [0.29, 0.717) is 17.1 Å². The van der Waals surface area contributed by atoms with Gasteiger partial charge in [0.25, 0.3) is 5.69 Å². The number of hydrazone groups is 1. The summed E-state index contributed by atoms with van der Waals surface area (Å²) in [5, 5.41) is 16.6. The molecule has 158 valence electrons. The van der Waals surface area contributed by atoms with Crippen LogP contribution in [0.4, 0.5) is 11.4 Å². The third kappa shape index (κ3) is 4.19. The number of nitrogens with zero attached hydrogens (tertiary/aromatic N) is 3. The highest BCUT2D eigenvalue weighted by atomic mass is 32.2.